The number of carbonyl (C=O) groups excluding carboxylic acids is 4. The van der Waals surface area contributed by atoms with Crippen molar-refractivity contribution in [2.24, 2.45) is 11.8 Å². The number of Topliss-reactive ketones (excluding diaryl/α,β-unsaturated/α-hetero) is 1. The van der Waals surface area contributed by atoms with Crippen molar-refractivity contribution in [3.05, 3.63) is 65.7 Å². The highest BCUT2D eigenvalue weighted by Gasteiger charge is 2.30. The summed E-state index contributed by atoms with van der Waals surface area (Å²) < 4.78 is 10.5. The second-order valence-electron chi connectivity index (χ2n) is 12.1. The van der Waals surface area contributed by atoms with Gasteiger partial charge in [-0.15, -0.1) is 0 Å². The highest BCUT2D eigenvalue weighted by Crippen LogP contribution is 2.25. The van der Waals surface area contributed by atoms with Gasteiger partial charge in [0.25, 0.3) is 0 Å². The molecule has 0 saturated carbocycles. The maximum absolute atomic E-state index is 13.7. The average Bonchev–Trinajstić information content (AvgIpc) is 3.14. The molecule has 0 aromatic heterocycles. The van der Waals surface area contributed by atoms with Gasteiger partial charge in [0, 0.05) is 25.3 Å². The third kappa shape index (κ3) is 11.3. The standard InChI is InChI=1S/C34H48N4O6/c1-6-43-32(40)22-38-17-16-37(20-27-14-10-11-15-30(27)38)21-31(39)28(18-24(2)3)35-33(41)29(19-25(4)5)36-34(42)44-23-26-12-8-7-9-13-26/h7-15,24-25,28-29H,6,16-23H2,1-5H3,(H,35,41)(H,36,42)/t28-,29-/m0/s1. The first-order valence-electron chi connectivity index (χ1n) is 15.6. The van der Waals surface area contributed by atoms with Gasteiger partial charge in [-0.2, -0.15) is 0 Å². The molecule has 2 aromatic carbocycles. The first-order chi connectivity index (χ1) is 21.0. The van der Waals surface area contributed by atoms with Gasteiger partial charge in [-0.1, -0.05) is 76.2 Å². The normalized spacial score (nSPS) is 14.8. The number of ketones is 1. The molecule has 0 saturated heterocycles. The molecular formula is C34H48N4O6. The number of hydrogen-bond donors (Lipinski definition) is 2. The molecule has 2 N–H and O–H groups in total. The van der Waals surface area contributed by atoms with Crippen LogP contribution in [0, 0.1) is 11.8 Å². The van der Waals surface area contributed by atoms with E-state index in [2.05, 4.69) is 15.5 Å². The topological polar surface area (TPSA) is 117 Å². The van der Waals surface area contributed by atoms with E-state index in [0.29, 0.717) is 39.1 Å². The van der Waals surface area contributed by atoms with E-state index in [0.717, 1.165) is 16.8 Å². The van der Waals surface area contributed by atoms with Crippen molar-refractivity contribution < 1.29 is 28.7 Å². The molecule has 1 aliphatic heterocycles. The predicted molar refractivity (Wildman–Crippen MR) is 170 cm³/mol. The van der Waals surface area contributed by atoms with Gasteiger partial charge in [0.2, 0.25) is 5.91 Å². The lowest BCUT2D eigenvalue weighted by Crippen LogP contribution is -2.53. The molecule has 0 unspecified atom stereocenters. The van der Waals surface area contributed by atoms with Crippen molar-refractivity contribution >= 4 is 29.4 Å². The lowest BCUT2D eigenvalue weighted by atomic mass is 9.98. The molecule has 10 nitrogen and oxygen atoms in total. The molecule has 1 aliphatic rings. The van der Waals surface area contributed by atoms with E-state index < -0.39 is 24.1 Å². The van der Waals surface area contributed by atoms with Gasteiger partial charge in [0.05, 0.1) is 19.2 Å². The predicted octanol–water partition coefficient (Wildman–Crippen LogP) is 4.31. The van der Waals surface area contributed by atoms with E-state index in [9.17, 15) is 19.2 Å². The summed E-state index contributed by atoms with van der Waals surface area (Å²) in [6.07, 6.45) is 0.183. The maximum atomic E-state index is 13.7. The Kier molecular flexibility index (Phi) is 13.7. The Balaban J connectivity index is 1.67. The number of para-hydroxylation sites is 1. The van der Waals surface area contributed by atoms with E-state index in [-0.39, 0.29) is 43.3 Å². The van der Waals surface area contributed by atoms with Crippen LogP contribution in [0.4, 0.5) is 10.5 Å². The van der Waals surface area contributed by atoms with Crippen LogP contribution in [0.25, 0.3) is 0 Å². The minimum absolute atomic E-state index is 0.0906. The first-order valence-corrected chi connectivity index (χ1v) is 15.6. The largest absolute Gasteiger partial charge is 0.465 e. The molecule has 0 fully saturated rings. The van der Waals surface area contributed by atoms with Crippen molar-refractivity contribution in [3.8, 4) is 0 Å². The van der Waals surface area contributed by atoms with Crippen LogP contribution in [-0.4, -0.2) is 73.5 Å². The fraction of sp³-hybridized carbons (Fsp3) is 0.529. The van der Waals surface area contributed by atoms with Crippen molar-refractivity contribution in [1.29, 1.82) is 0 Å². The molecule has 2 aromatic rings. The van der Waals surface area contributed by atoms with Gasteiger partial charge in [-0.25, -0.2) is 4.79 Å². The third-order valence-corrected chi connectivity index (χ3v) is 7.36. The number of benzene rings is 2. The van der Waals surface area contributed by atoms with E-state index >= 15 is 0 Å². The van der Waals surface area contributed by atoms with Crippen molar-refractivity contribution in [3.63, 3.8) is 0 Å². The van der Waals surface area contributed by atoms with E-state index in [1.165, 1.54) is 0 Å². The number of hydrogen-bond acceptors (Lipinski definition) is 8. The van der Waals surface area contributed by atoms with Crippen LogP contribution in [0.2, 0.25) is 0 Å². The number of fused-ring (bicyclic) bond motifs is 1. The van der Waals surface area contributed by atoms with E-state index in [1.807, 2.05) is 87.2 Å². The second kappa shape index (κ2) is 17.4. The summed E-state index contributed by atoms with van der Waals surface area (Å²) in [5.74, 6) is -0.523. The summed E-state index contributed by atoms with van der Waals surface area (Å²) in [6.45, 7) is 12.1. The Hall–Kier alpha value is -3.92. The zero-order chi connectivity index (χ0) is 32.1. The van der Waals surface area contributed by atoms with Crippen LogP contribution >= 0.6 is 0 Å². The molecule has 0 bridgehead atoms. The summed E-state index contributed by atoms with van der Waals surface area (Å²) >= 11 is 0. The summed E-state index contributed by atoms with van der Waals surface area (Å²) in [6, 6.07) is 15.6. The van der Waals surface area contributed by atoms with Gasteiger partial charge in [-0.3, -0.25) is 19.3 Å². The molecule has 0 radical (unpaired) electrons. The number of esters is 1. The van der Waals surface area contributed by atoms with Crippen LogP contribution < -0.4 is 15.5 Å². The van der Waals surface area contributed by atoms with Gasteiger partial charge in [0.1, 0.15) is 19.2 Å². The van der Waals surface area contributed by atoms with Gasteiger partial charge >= 0.3 is 12.1 Å². The first kappa shape index (κ1) is 34.6. The van der Waals surface area contributed by atoms with Crippen molar-refractivity contribution in [1.82, 2.24) is 15.5 Å². The molecule has 1 heterocycles. The highest BCUT2D eigenvalue weighted by molar-refractivity contribution is 5.93. The number of alkyl carbamates (subject to hydrolysis) is 1. The Morgan fingerprint density at radius 3 is 2.14 bits per heavy atom. The summed E-state index contributed by atoms with van der Waals surface area (Å²) in [5.41, 5.74) is 2.81. The smallest absolute Gasteiger partial charge is 0.408 e. The quantitative estimate of drug-likeness (QED) is 0.287. The molecule has 240 valence electrons. The Morgan fingerprint density at radius 2 is 1.45 bits per heavy atom. The van der Waals surface area contributed by atoms with Crippen molar-refractivity contribution in [2.45, 2.75) is 72.7 Å². The fourth-order valence-corrected chi connectivity index (χ4v) is 5.27. The second-order valence-corrected chi connectivity index (χ2v) is 12.1. The van der Waals surface area contributed by atoms with Crippen LogP contribution in [0.5, 0.6) is 0 Å². The number of ether oxygens (including phenoxy) is 2. The van der Waals surface area contributed by atoms with Crippen molar-refractivity contribution in [2.75, 3.05) is 37.7 Å². The molecule has 10 heteroatoms. The number of rotatable bonds is 15. The zero-order valence-corrected chi connectivity index (χ0v) is 26.7. The number of nitrogens with zero attached hydrogens (tertiary/aromatic N) is 2. The molecule has 44 heavy (non-hydrogen) atoms. The molecule has 0 aliphatic carbocycles. The van der Waals surface area contributed by atoms with Gasteiger partial charge in [-0.05, 0) is 48.8 Å². The monoisotopic (exact) mass is 608 g/mol. The molecule has 2 amide bonds. The molecule has 3 rings (SSSR count). The lowest BCUT2D eigenvalue weighted by molar-refractivity contribution is -0.141. The number of anilines is 1. The maximum Gasteiger partial charge on any atom is 0.408 e. The van der Waals surface area contributed by atoms with Crippen LogP contribution in [0.15, 0.2) is 54.6 Å². The average molecular weight is 609 g/mol. The highest BCUT2D eigenvalue weighted by atomic mass is 16.5. The molecule has 0 spiro atoms. The molecule has 2 atom stereocenters. The third-order valence-electron chi connectivity index (χ3n) is 7.36. The summed E-state index contributed by atoms with van der Waals surface area (Å²) in [4.78, 5) is 56.1. The van der Waals surface area contributed by atoms with Gasteiger partial charge in [0.15, 0.2) is 5.78 Å². The zero-order valence-electron chi connectivity index (χ0n) is 26.7. The van der Waals surface area contributed by atoms with Crippen LogP contribution in [0.1, 0.15) is 58.6 Å². The number of amides is 2. The Labute approximate surface area is 261 Å². The fourth-order valence-electron chi connectivity index (χ4n) is 5.27. The van der Waals surface area contributed by atoms with E-state index in [4.69, 9.17) is 9.47 Å². The minimum atomic E-state index is -0.845. The number of carbonyl (C=O) groups is 4. The van der Waals surface area contributed by atoms with Gasteiger partial charge < -0.3 is 25.0 Å². The van der Waals surface area contributed by atoms with Crippen LogP contribution in [-0.2, 0) is 37.0 Å². The molecular weight excluding hydrogens is 560 g/mol. The van der Waals surface area contributed by atoms with E-state index in [1.54, 1.807) is 6.92 Å². The Bertz CT molecular complexity index is 1240. The Morgan fingerprint density at radius 1 is 0.795 bits per heavy atom. The van der Waals surface area contributed by atoms with Crippen LogP contribution in [0.3, 0.4) is 0 Å². The SMILES string of the molecule is CCOC(=O)CN1CCN(CC(=O)[C@H](CC(C)C)NC(=O)[C@H](CC(C)C)NC(=O)OCc2ccccc2)Cc2ccccc21. The lowest BCUT2D eigenvalue weighted by Gasteiger charge is -2.27. The summed E-state index contributed by atoms with van der Waals surface area (Å²) in [5, 5.41) is 5.66. The number of nitrogens with one attached hydrogen (secondary N) is 2. The summed E-state index contributed by atoms with van der Waals surface area (Å²) in [7, 11) is 0. The minimum Gasteiger partial charge on any atom is -0.465 e.